The van der Waals surface area contributed by atoms with Crippen molar-refractivity contribution in [3.63, 3.8) is 0 Å². The van der Waals surface area contributed by atoms with E-state index in [2.05, 4.69) is 94.8 Å². The molecule has 16 aromatic rings. The zero-order valence-corrected chi connectivity index (χ0v) is 78.0. The number of anilines is 7. The molecule has 13 heterocycles. The molecule has 0 unspecified atom stereocenters. The van der Waals surface area contributed by atoms with Crippen LogP contribution in [0.3, 0.4) is 0 Å². The third-order valence-corrected chi connectivity index (χ3v) is 20.3. The molecule has 0 saturated carbocycles. The van der Waals surface area contributed by atoms with Crippen molar-refractivity contribution in [1.82, 2.24) is 97.0 Å². The van der Waals surface area contributed by atoms with Gasteiger partial charge in [-0.15, -0.1) is 81.2 Å². The number of nitrogen functional groups attached to an aromatic ring is 2. The summed E-state index contributed by atoms with van der Waals surface area (Å²) >= 11 is 45.9. The summed E-state index contributed by atoms with van der Waals surface area (Å²) < 4.78 is 212. The van der Waals surface area contributed by atoms with Crippen LogP contribution >= 0.6 is 92.8 Å². The Bertz CT molecular complexity index is 7030. The number of nitrogens with zero attached hydrogens (tertiary/aromatic N) is 23. The minimum absolute atomic E-state index is 0. The smallest absolute Gasteiger partial charge is 0.404 e. The monoisotopic (exact) mass is 2200 g/mol. The molecule has 2 aliphatic heterocycles. The fourth-order valence-corrected chi connectivity index (χ4v) is 13.9. The number of hydrogen-bond acceptors (Lipinski definition) is 31. The van der Waals surface area contributed by atoms with Crippen LogP contribution in [0.15, 0.2) is 209 Å². The summed E-state index contributed by atoms with van der Waals surface area (Å²) in [5.41, 5.74) is 15.0. The van der Waals surface area contributed by atoms with E-state index >= 15 is 0 Å². The summed E-state index contributed by atoms with van der Waals surface area (Å²) in [6.07, 6.45) is -1.62. The molecule has 768 valence electrons. The molecule has 42 nitrogen and oxygen atoms in total. The highest BCUT2D eigenvalue weighted by Gasteiger charge is 2.37. The first kappa shape index (κ1) is 111. The van der Waals surface area contributed by atoms with Crippen molar-refractivity contribution in [3.8, 4) is 51.5 Å². The van der Waals surface area contributed by atoms with Crippen LogP contribution < -0.4 is 56.0 Å². The van der Waals surface area contributed by atoms with Crippen LogP contribution in [0.25, 0.3) is 39.3 Å². The Morgan fingerprint density at radius 1 is 0.451 bits per heavy atom. The molecule has 0 aliphatic carbocycles. The van der Waals surface area contributed by atoms with Gasteiger partial charge in [0.25, 0.3) is 6.33 Å². The largest absolute Gasteiger partial charge is 0.573 e. The topological polar surface area (TPSA) is 507 Å². The van der Waals surface area contributed by atoms with E-state index in [0.717, 1.165) is 106 Å². The molecular formula is C79H67Cl8F15N28O14. The average Bonchev–Trinajstić information content (AvgIpc) is 1.65. The number of hydrogen-bond donors (Lipinski definition) is 8. The Labute approximate surface area is 836 Å². The number of aromatic nitrogens is 19. The third-order valence-electron chi connectivity index (χ3n) is 18.2. The van der Waals surface area contributed by atoms with Crippen LogP contribution in [0.1, 0.15) is 27.1 Å². The maximum absolute atomic E-state index is 12.5. The quantitative estimate of drug-likeness (QED) is 0.0161. The Kier molecular flexibility index (Phi) is 38.1. The number of aliphatic hydroxyl groups excluding tert-OH is 3. The number of nitrogens with one attached hydrogen (secondary N) is 3. The lowest BCUT2D eigenvalue weighted by molar-refractivity contribution is -0.542. The van der Waals surface area contributed by atoms with Crippen molar-refractivity contribution < 1.29 is 121 Å². The van der Waals surface area contributed by atoms with Crippen molar-refractivity contribution >= 4 is 162 Å². The molecular weight excluding hydrogens is 2130 g/mol. The molecule has 5 aromatic carbocycles. The van der Waals surface area contributed by atoms with E-state index in [-0.39, 0.29) is 55.4 Å². The maximum atomic E-state index is 12.5. The predicted octanol–water partition coefficient (Wildman–Crippen LogP) is 19.6. The van der Waals surface area contributed by atoms with Crippen molar-refractivity contribution in [2.45, 2.75) is 69.6 Å². The Balaban J connectivity index is 0.000000192. The molecule has 18 rings (SSSR count). The van der Waals surface area contributed by atoms with Crippen LogP contribution in [0.4, 0.5) is 118 Å². The number of nitrogens with two attached hydrogens (primary N) is 2. The van der Waals surface area contributed by atoms with Crippen molar-refractivity contribution in [3.05, 3.63) is 280 Å². The zero-order chi connectivity index (χ0) is 105. The number of benzene rings is 5. The fourth-order valence-electron chi connectivity index (χ4n) is 12.2. The number of fused-ring (bicyclic) bond motifs is 3. The molecule has 144 heavy (non-hydrogen) atoms. The lowest BCUT2D eigenvalue weighted by Gasteiger charge is -2.23. The highest BCUT2D eigenvalue weighted by molar-refractivity contribution is 6.35. The van der Waals surface area contributed by atoms with Gasteiger partial charge in [-0.1, -0.05) is 69.6 Å². The standard InChI is InChI=1S/C21H19ClF3N7O2.C16H9Cl2F3N6O.C10H5ClF3N3O3.C10H7ClF3N3O.C7H5ClF3NO.C6H3Cl2N3.C5H11NO.C3H2N4O4.CH4O.H2/c22-15-9-13(5-6-17(15)34-21(23,24)25)30-10-18(26-12-30)27-19-16-4-2-8-32(16)29-20(28-19)31-7-1-3-14(31)11-33;17-10-6-9(3-4-12(10)28-16(19,20)21)26-7-13(22-8-26)23-14-11-2-1-5-27(11)25-15(18)24-14;11-7-3-6(1-2-8(7)20-10(12,13)14)16-4-9(15-5-16)17(18)19;11-7-3-6(17-4-9(15)16-5-17)1-2-8(7)18-10(12,13)14;8-5-3-4(12)1-2-6(5)13-7(9,10)11;7-5-4-2-1-3-11(4)10-6(8)9-5;7-4-5-2-1-3-6-5;8-6(9)3-1-5(2-4-3)7(10)11;1-2;/h2,4-6,8-10,12,14,33H,1,3,7,11H2,(H,27,28,29);1-8H,(H,23,24,25);1-5H;1-5H,15H2;1-3H,12H2;1-3H;5-7H,1-4H2;1-2H;2H,1H3;1H/t14-;;;;;;5-;;;/m0.....0.../s1. The summed E-state index contributed by atoms with van der Waals surface area (Å²) in [4.78, 5) is 62.4. The number of halogens is 23. The van der Waals surface area contributed by atoms with Crippen LogP contribution in [-0.2, 0) is 0 Å². The van der Waals surface area contributed by atoms with E-state index in [0.29, 0.717) is 85.8 Å². The van der Waals surface area contributed by atoms with Crippen molar-refractivity contribution in [2.75, 3.05) is 60.4 Å². The molecule has 0 amide bonds. The number of aliphatic hydroxyl groups is 3. The molecule has 11 aromatic heterocycles. The second-order valence-electron chi connectivity index (χ2n) is 28.0. The van der Waals surface area contributed by atoms with Gasteiger partial charge in [-0.3, -0.25) is 4.57 Å². The highest BCUT2D eigenvalue weighted by atomic mass is 35.5. The van der Waals surface area contributed by atoms with Crippen LogP contribution in [0.2, 0.25) is 40.8 Å². The van der Waals surface area contributed by atoms with Gasteiger partial charge >= 0.3 is 43.4 Å². The fraction of sp³-hybridized carbons (Fsp3) is 0.203. The second-order valence-corrected chi connectivity index (χ2v) is 31.1. The normalized spacial score (nSPS) is 13.3. The molecule has 2 saturated heterocycles. The summed E-state index contributed by atoms with van der Waals surface area (Å²) in [7, 11) is 1.00. The second kappa shape index (κ2) is 49.3. The maximum Gasteiger partial charge on any atom is 0.573 e. The minimum atomic E-state index is -4.85. The van der Waals surface area contributed by atoms with Gasteiger partial charge in [0.1, 0.15) is 87.9 Å². The number of ether oxygens (including phenoxy) is 5. The Morgan fingerprint density at radius 2 is 0.833 bits per heavy atom. The van der Waals surface area contributed by atoms with Crippen LogP contribution in [0, 0.1) is 30.3 Å². The summed E-state index contributed by atoms with van der Waals surface area (Å²) in [6.45, 7) is 2.17. The number of alkyl halides is 15. The summed E-state index contributed by atoms with van der Waals surface area (Å²) in [5.74, 6) is -0.718. The molecule has 2 atom stereocenters. The third kappa shape index (κ3) is 33.2. The zero-order valence-electron chi connectivity index (χ0n) is 71.9. The van der Waals surface area contributed by atoms with Crippen molar-refractivity contribution in [1.29, 1.82) is 0 Å². The average molecular weight is 2200 g/mol. The first-order chi connectivity index (χ1) is 67.9. The van der Waals surface area contributed by atoms with Gasteiger partial charge in [-0.2, -0.15) is 9.97 Å². The first-order valence-corrected chi connectivity index (χ1v) is 42.6. The van der Waals surface area contributed by atoms with Gasteiger partial charge in [-0.05, 0) is 207 Å². The lowest BCUT2D eigenvalue weighted by atomic mass is 10.2. The summed E-state index contributed by atoms with van der Waals surface area (Å²) in [5, 5.41) is 76.2. The molecule has 65 heteroatoms. The lowest BCUT2D eigenvalue weighted by Crippen LogP contribution is -2.34. The molecule has 0 bridgehead atoms. The summed E-state index contributed by atoms with van der Waals surface area (Å²) in [6, 6.07) is 30.0. The van der Waals surface area contributed by atoms with Crippen molar-refractivity contribution in [2.24, 2.45) is 0 Å². The van der Waals surface area contributed by atoms with E-state index in [4.69, 9.17) is 114 Å². The highest BCUT2D eigenvalue weighted by Crippen LogP contribution is 2.39. The molecule has 0 radical (unpaired) electrons. The van der Waals surface area contributed by atoms with E-state index in [1.54, 1.807) is 65.8 Å². The number of rotatable bonds is 19. The van der Waals surface area contributed by atoms with E-state index in [9.17, 15) is 101 Å². The van der Waals surface area contributed by atoms with Crippen LogP contribution in [-0.4, -0.2) is 199 Å². The Morgan fingerprint density at radius 3 is 1.20 bits per heavy atom. The predicted molar refractivity (Wildman–Crippen MR) is 492 cm³/mol. The molecule has 2 fully saturated rings. The SMILES string of the molecule is CO.Clc1nc(Cl)c2cccn2n1.FC(F)(F)Oc1ccc(-n2cnc(Nc3nc(Cl)nn4cccc34)c2)cc1Cl.Nc1ccc(OC(F)(F)F)c(Cl)c1.Nc1cn(-c2ccc(OC(F)(F)F)c(Cl)c2)cn1.O=[N+]([O-])c1cn(-c2ccc(OC(F)(F)F)c(Cl)c2)cn1.O=[N+]([O-])c1cn([N+](=O)[O-])cn1.OC[C@@H]1CCCN1.OC[C@@H]1CCCN1c1nc(Nc2cn(-c3ccc(OC(F)(F)F)c(Cl)c3)cn2)c2cccn2n1.[HH]. The van der Waals surface area contributed by atoms with E-state index in [1.165, 1.54) is 101 Å². The Hall–Kier alpha value is -14.7. The van der Waals surface area contributed by atoms with Gasteiger partial charge in [-0.25, -0.2) is 43.6 Å². The van der Waals surface area contributed by atoms with E-state index in [1.807, 2.05) is 29.2 Å². The number of imidazole rings is 5. The molecule has 2 aliphatic rings. The van der Waals surface area contributed by atoms with Crippen LogP contribution in [0.5, 0.6) is 28.7 Å². The molecule has 10 N–H and O–H groups in total. The van der Waals surface area contributed by atoms with Gasteiger partial charge in [0.15, 0.2) is 28.0 Å². The van der Waals surface area contributed by atoms with Gasteiger partial charge in [0.05, 0.1) is 68.6 Å². The first-order valence-electron chi connectivity index (χ1n) is 39.6. The van der Waals surface area contributed by atoms with E-state index < -0.39 is 87.1 Å². The minimum Gasteiger partial charge on any atom is -0.404 e. The van der Waals surface area contributed by atoms with Gasteiger partial charge < -0.3 is 105 Å². The van der Waals surface area contributed by atoms with Gasteiger partial charge in [0.2, 0.25) is 22.8 Å². The number of nitro groups is 3. The molecule has 0 spiro atoms. The van der Waals surface area contributed by atoms with Gasteiger partial charge in [0, 0.05) is 62.5 Å².